The minimum Gasteiger partial charge on any atom is -0.481 e. The highest BCUT2D eigenvalue weighted by Crippen LogP contribution is 2.24. The number of nitrogens with zero attached hydrogens (tertiary/aromatic N) is 3. The molecule has 0 spiro atoms. The second kappa shape index (κ2) is 7.35. The van der Waals surface area contributed by atoms with Gasteiger partial charge in [-0.15, -0.1) is 0 Å². The smallest absolute Gasteiger partial charge is 0.300 e. The SMILES string of the molecule is C1Cc2nc(C3CCOCC3)nn2CCN1.CC(=O)O. The molecule has 3 heterocycles. The first kappa shape index (κ1) is 14.9. The van der Waals surface area contributed by atoms with E-state index in [4.69, 9.17) is 19.6 Å². The second-order valence-corrected chi connectivity index (χ2v) is 5.02. The summed E-state index contributed by atoms with van der Waals surface area (Å²) in [4.78, 5) is 13.7. The van der Waals surface area contributed by atoms with Gasteiger partial charge in [0.05, 0.1) is 6.54 Å². The summed E-state index contributed by atoms with van der Waals surface area (Å²) in [6.07, 6.45) is 3.14. The molecule has 0 saturated carbocycles. The van der Waals surface area contributed by atoms with Gasteiger partial charge in [0.2, 0.25) is 0 Å². The first-order valence-corrected chi connectivity index (χ1v) is 7.08. The molecule has 20 heavy (non-hydrogen) atoms. The van der Waals surface area contributed by atoms with E-state index in [1.807, 2.05) is 0 Å². The Labute approximate surface area is 118 Å². The highest BCUT2D eigenvalue weighted by atomic mass is 16.5. The first-order valence-electron chi connectivity index (χ1n) is 7.08. The van der Waals surface area contributed by atoms with Crippen LogP contribution in [0.25, 0.3) is 0 Å². The van der Waals surface area contributed by atoms with E-state index in [0.29, 0.717) is 5.92 Å². The molecule has 1 aromatic heterocycles. The highest BCUT2D eigenvalue weighted by Gasteiger charge is 2.22. The maximum atomic E-state index is 9.00. The fraction of sp³-hybridized carbons (Fsp3) is 0.769. The number of hydrogen-bond donors (Lipinski definition) is 2. The van der Waals surface area contributed by atoms with Crippen LogP contribution in [0.5, 0.6) is 0 Å². The van der Waals surface area contributed by atoms with E-state index < -0.39 is 5.97 Å². The molecule has 112 valence electrons. The zero-order valence-electron chi connectivity index (χ0n) is 11.8. The average Bonchev–Trinajstić information content (AvgIpc) is 2.71. The van der Waals surface area contributed by atoms with Gasteiger partial charge in [0.25, 0.3) is 5.97 Å². The predicted octanol–water partition coefficient (Wildman–Crippen LogP) is 0.409. The molecule has 0 amide bonds. The van der Waals surface area contributed by atoms with E-state index in [0.717, 1.165) is 70.7 Å². The lowest BCUT2D eigenvalue weighted by molar-refractivity contribution is -0.134. The van der Waals surface area contributed by atoms with Gasteiger partial charge in [0.1, 0.15) is 5.82 Å². The quantitative estimate of drug-likeness (QED) is 0.775. The van der Waals surface area contributed by atoms with Crippen molar-refractivity contribution in [3.05, 3.63) is 11.6 Å². The van der Waals surface area contributed by atoms with Crippen molar-refractivity contribution in [2.75, 3.05) is 26.3 Å². The lowest BCUT2D eigenvalue weighted by Crippen LogP contribution is -2.19. The number of hydrogen-bond acceptors (Lipinski definition) is 5. The monoisotopic (exact) mass is 282 g/mol. The Hall–Kier alpha value is -1.47. The Morgan fingerprint density at radius 1 is 1.40 bits per heavy atom. The molecule has 1 saturated heterocycles. The molecule has 0 radical (unpaired) electrons. The number of rotatable bonds is 1. The van der Waals surface area contributed by atoms with Crippen molar-refractivity contribution in [2.24, 2.45) is 0 Å². The average molecular weight is 282 g/mol. The normalized spacial score (nSPS) is 19.4. The van der Waals surface area contributed by atoms with Crippen molar-refractivity contribution in [2.45, 2.75) is 38.6 Å². The third-order valence-electron chi connectivity index (χ3n) is 3.38. The van der Waals surface area contributed by atoms with Gasteiger partial charge in [-0.3, -0.25) is 4.79 Å². The zero-order valence-corrected chi connectivity index (χ0v) is 11.8. The molecule has 1 fully saturated rings. The Kier molecular flexibility index (Phi) is 5.49. The topological polar surface area (TPSA) is 89.3 Å². The maximum absolute atomic E-state index is 9.00. The number of fused-ring (bicyclic) bond motifs is 1. The third kappa shape index (κ3) is 4.28. The number of carboxylic acid groups (broad SMARTS) is 1. The summed E-state index contributed by atoms with van der Waals surface area (Å²) in [7, 11) is 0. The summed E-state index contributed by atoms with van der Waals surface area (Å²) < 4.78 is 7.45. The fourth-order valence-corrected chi connectivity index (χ4v) is 2.40. The van der Waals surface area contributed by atoms with Gasteiger partial charge in [-0.2, -0.15) is 5.10 Å². The Morgan fingerprint density at radius 3 is 2.80 bits per heavy atom. The molecule has 0 aromatic carbocycles. The zero-order chi connectivity index (χ0) is 14.4. The standard InChI is InChI=1S/C11H18N4O.C2H4O2/c1-4-12-5-6-15-10(1)13-11(14-15)9-2-7-16-8-3-9;1-2(3)4/h9,12H,1-8H2;1H3,(H,3,4). The minimum atomic E-state index is -0.833. The van der Waals surface area contributed by atoms with Gasteiger partial charge < -0.3 is 15.2 Å². The Bertz CT molecular complexity index is 413. The molecule has 7 nitrogen and oxygen atoms in total. The van der Waals surface area contributed by atoms with Gasteiger partial charge in [-0.1, -0.05) is 0 Å². The molecular weight excluding hydrogens is 260 g/mol. The van der Waals surface area contributed by atoms with E-state index >= 15 is 0 Å². The van der Waals surface area contributed by atoms with E-state index in [1.165, 1.54) is 0 Å². The fourth-order valence-electron chi connectivity index (χ4n) is 2.40. The van der Waals surface area contributed by atoms with Crippen molar-refractivity contribution in [3.8, 4) is 0 Å². The molecule has 3 rings (SSSR count). The van der Waals surface area contributed by atoms with Crippen LogP contribution in [0.4, 0.5) is 0 Å². The van der Waals surface area contributed by atoms with Crippen LogP contribution in [-0.2, 0) is 22.5 Å². The maximum Gasteiger partial charge on any atom is 0.300 e. The minimum absolute atomic E-state index is 0.515. The van der Waals surface area contributed by atoms with Crippen LogP contribution < -0.4 is 5.32 Å². The molecule has 0 bridgehead atoms. The van der Waals surface area contributed by atoms with Crippen molar-refractivity contribution >= 4 is 5.97 Å². The van der Waals surface area contributed by atoms with Crippen LogP contribution in [-0.4, -0.2) is 52.1 Å². The molecule has 0 atom stereocenters. The van der Waals surface area contributed by atoms with Crippen LogP contribution in [0.2, 0.25) is 0 Å². The van der Waals surface area contributed by atoms with Crippen molar-refractivity contribution in [3.63, 3.8) is 0 Å². The number of nitrogens with one attached hydrogen (secondary N) is 1. The lowest BCUT2D eigenvalue weighted by Gasteiger charge is -2.18. The molecule has 2 aliphatic heterocycles. The van der Waals surface area contributed by atoms with Gasteiger partial charge in [-0.25, -0.2) is 9.67 Å². The van der Waals surface area contributed by atoms with Gasteiger partial charge >= 0.3 is 0 Å². The van der Waals surface area contributed by atoms with Gasteiger partial charge in [0.15, 0.2) is 5.82 Å². The number of carbonyl (C=O) groups is 1. The lowest BCUT2D eigenvalue weighted by atomic mass is 10.00. The molecule has 0 unspecified atom stereocenters. The number of ether oxygens (including phenoxy) is 1. The first-order chi connectivity index (χ1) is 9.66. The molecule has 7 heteroatoms. The van der Waals surface area contributed by atoms with E-state index in [-0.39, 0.29) is 0 Å². The van der Waals surface area contributed by atoms with Gasteiger partial charge in [-0.05, 0) is 12.8 Å². The number of aliphatic carboxylic acids is 1. The molecule has 2 N–H and O–H groups in total. The van der Waals surface area contributed by atoms with Crippen molar-refractivity contribution in [1.82, 2.24) is 20.1 Å². The molecule has 0 aliphatic carbocycles. The van der Waals surface area contributed by atoms with Crippen molar-refractivity contribution < 1.29 is 14.6 Å². The highest BCUT2D eigenvalue weighted by molar-refractivity contribution is 5.62. The van der Waals surface area contributed by atoms with Crippen LogP contribution in [0, 0.1) is 0 Å². The molecule has 1 aromatic rings. The van der Waals surface area contributed by atoms with E-state index in [2.05, 4.69) is 15.1 Å². The summed E-state index contributed by atoms with van der Waals surface area (Å²) in [6.45, 7) is 5.77. The van der Waals surface area contributed by atoms with Crippen LogP contribution in [0.15, 0.2) is 0 Å². The third-order valence-corrected chi connectivity index (χ3v) is 3.38. The summed E-state index contributed by atoms with van der Waals surface area (Å²) in [5.41, 5.74) is 0. The van der Waals surface area contributed by atoms with Crippen LogP contribution in [0.3, 0.4) is 0 Å². The molecule has 2 aliphatic rings. The van der Waals surface area contributed by atoms with Gasteiger partial charge in [0, 0.05) is 45.6 Å². The Morgan fingerprint density at radius 2 is 2.10 bits per heavy atom. The van der Waals surface area contributed by atoms with E-state index in [1.54, 1.807) is 0 Å². The van der Waals surface area contributed by atoms with Crippen LogP contribution in [0.1, 0.15) is 37.3 Å². The molecular formula is C13H22N4O3. The summed E-state index contributed by atoms with van der Waals surface area (Å²) >= 11 is 0. The number of carboxylic acids is 1. The van der Waals surface area contributed by atoms with Crippen LogP contribution >= 0.6 is 0 Å². The summed E-state index contributed by atoms with van der Waals surface area (Å²) in [6, 6.07) is 0. The summed E-state index contributed by atoms with van der Waals surface area (Å²) in [5, 5.41) is 15.4. The predicted molar refractivity (Wildman–Crippen MR) is 72.7 cm³/mol. The summed E-state index contributed by atoms with van der Waals surface area (Å²) in [5.74, 6) is 1.87. The number of aromatic nitrogens is 3. The largest absolute Gasteiger partial charge is 0.481 e. The van der Waals surface area contributed by atoms with E-state index in [9.17, 15) is 0 Å². The Balaban J connectivity index is 0.000000328. The second-order valence-electron chi connectivity index (χ2n) is 5.02. The van der Waals surface area contributed by atoms with Crippen molar-refractivity contribution in [1.29, 1.82) is 0 Å².